The minimum Gasteiger partial charge on any atom is -0.455 e. The molecule has 1 aliphatic rings. The van der Waals surface area contributed by atoms with Crippen LogP contribution in [0, 0.1) is 0 Å². The highest BCUT2D eigenvalue weighted by atomic mass is 32.1. The van der Waals surface area contributed by atoms with Crippen LogP contribution in [0.25, 0.3) is 60.7 Å². The smallest absolute Gasteiger partial charge is 0.145 e. The second kappa shape index (κ2) is 7.86. The Kier molecular flexibility index (Phi) is 4.53. The summed E-state index contributed by atoms with van der Waals surface area (Å²) in [7, 11) is 0. The molecule has 0 amide bonds. The predicted molar refractivity (Wildman–Crippen MR) is 145 cm³/mol. The second-order valence-electron chi connectivity index (χ2n) is 8.80. The van der Waals surface area contributed by atoms with E-state index in [1.165, 1.54) is 49.5 Å². The van der Waals surface area contributed by atoms with E-state index in [-0.39, 0.29) is 0 Å². The zero-order valence-corrected chi connectivity index (χ0v) is 19.4. The molecule has 1 nitrogen and oxygen atoms in total. The van der Waals surface area contributed by atoms with Crippen LogP contribution in [0.2, 0.25) is 0 Å². The van der Waals surface area contributed by atoms with Crippen molar-refractivity contribution in [2.45, 2.75) is 12.8 Å². The lowest BCUT2D eigenvalue weighted by Crippen LogP contribution is -2.02. The molecular formula is C32H22OS. The highest BCUT2D eigenvalue weighted by Gasteiger charge is 2.23. The molecule has 0 aliphatic heterocycles. The van der Waals surface area contributed by atoms with E-state index in [9.17, 15) is 0 Å². The molecule has 0 unspecified atom stereocenters. The number of benzene rings is 4. The molecule has 6 aromatic rings. The van der Waals surface area contributed by atoms with Gasteiger partial charge in [-0.1, -0.05) is 84.9 Å². The Hall–Kier alpha value is -3.88. The van der Waals surface area contributed by atoms with Crippen molar-refractivity contribution in [3.63, 3.8) is 0 Å². The van der Waals surface area contributed by atoms with Crippen molar-refractivity contribution in [3.8, 4) is 32.9 Å². The molecule has 0 spiro atoms. The number of hydrogen-bond donors (Lipinski definition) is 0. The lowest BCUT2D eigenvalue weighted by molar-refractivity contribution is 0.633. The largest absolute Gasteiger partial charge is 0.455 e. The third kappa shape index (κ3) is 2.99. The van der Waals surface area contributed by atoms with Crippen LogP contribution < -0.4 is 0 Å². The van der Waals surface area contributed by atoms with Crippen LogP contribution in [0.1, 0.15) is 17.5 Å². The Morgan fingerprint density at radius 1 is 0.706 bits per heavy atom. The van der Waals surface area contributed by atoms with Gasteiger partial charge in [0.15, 0.2) is 0 Å². The van der Waals surface area contributed by atoms with Crippen LogP contribution in [0.3, 0.4) is 0 Å². The van der Waals surface area contributed by atoms with Crippen LogP contribution in [0.5, 0.6) is 0 Å². The molecule has 7 rings (SSSR count). The van der Waals surface area contributed by atoms with E-state index in [1.807, 2.05) is 0 Å². The quantitative estimate of drug-likeness (QED) is 0.259. The molecular weight excluding hydrogens is 432 g/mol. The Balaban J connectivity index is 1.59. The molecule has 0 saturated heterocycles. The van der Waals surface area contributed by atoms with Gasteiger partial charge in [0.05, 0.1) is 4.88 Å². The van der Waals surface area contributed by atoms with E-state index in [0.717, 1.165) is 29.1 Å². The topological polar surface area (TPSA) is 13.1 Å². The van der Waals surface area contributed by atoms with Crippen molar-refractivity contribution < 1.29 is 4.42 Å². The summed E-state index contributed by atoms with van der Waals surface area (Å²) in [5, 5.41) is 5.87. The van der Waals surface area contributed by atoms with Gasteiger partial charge in [0, 0.05) is 5.39 Å². The van der Waals surface area contributed by atoms with Gasteiger partial charge in [-0.25, -0.2) is 0 Å². The maximum Gasteiger partial charge on any atom is 0.145 e. The average molecular weight is 455 g/mol. The molecule has 162 valence electrons. The van der Waals surface area contributed by atoms with Gasteiger partial charge in [0.1, 0.15) is 11.3 Å². The van der Waals surface area contributed by atoms with Crippen LogP contribution >= 0.6 is 11.3 Å². The highest BCUT2D eigenvalue weighted by molar-refractivity contribution is 7.13. The predicted octanol–water partition coefficient (Wildman–Crippen LogP) is 9.61. The third-order valence-electron chi connectivity index (χ3n) is 6.86. The number of thiophene rings is 1. The van der Waals surface area contributed by atoms with Crippen molar-refractivity contribution in [3.05, 3.63) is 114 Å². The molecule has 0 radical (unpaired) electrons. The molecule has 34 heavy (non-hydrogen) atoms. The van der Waals surface area contributed by atoms with Crippen LogP contribution in [0.4, 0.5) is 0 Å². The third-order valence-corrected chi connectivity index (χ3v) is 7.75. The summed E-state index contributed by atoms with van der Waals surface area (Å²) in [6.07, 6.45) is 6.78. The van der Waals surface area contributed by atoms with Gasteiger partial charge in [0.25, 0.3) is 0 Å². The van der Waals surface area contributed by atoms with Gasteiger partial charge in [0.2, 0.25) is 0 Å². The standard InChI is InChI=1S/C32H22OS/c1-2-10-21(11-3-1)31-22-12-4-6-14-24(22)32(25-15-7-5-13-23(25)31)26-16-8-17-28-27(26)20-29(33-28)30-18-9-19-34-30/h1-4,6-12,14-20H,5,13H2. The molecule has 0 bridgehead atoms. The van der Waals surface area contributed by atoms with E-state index < -0.39 is 0 Å². The maximum atomic E-state index is 6.32. The number of rotatable bonds is 3. The number of fused-ring (bicyclic) bond motifs is 3. The van der Waals surface area contributed by atoms with E-state index in [4.69, 9.17) is 4.42 Å². The average Bonchev–Trinajstić information content (AvgIpc) is 3.58. The van der Waals surface area contributed by atoms with E-state index in [2.05, 4.69) is 109 Å². The molecule has 0 fully saturated rings. The van der Waals surface area contributed by atoms with Gasteiger partial charge >= 0.3 is 0 Å². The monoisotopic (exact) mass is 454 g/mol. The normalized spacial score (nSPS) is 12.9. The minimum atomic E-state index is 0.936. The number of hydrogen-bond acceptors (Lipinski definition) is 2. The first kappa shape index (κ1) is 19.6. The van der Waals surface area contributed by atoms with Crippen LogP contribution in [-0.2, 0) is 6.42 Å². The fourth-order valence-corrected chi connectivity index (χ4v) is 6.11. The summed E-state index contributed by atoms with van der Waals surface area (Å²) in [4.78, 5) is 1.16. The van der Waals surface area contributed by atoms with Crippen molar-refractivity contribution in [2.75, 3.05) is 0 Å². The van der Waals surface area contributed by atoms with Crippen LogP contribution in [-0.4, -0.2) is 0 Å². The molecule has 2 heteroatoms. The second-order valence-corrected chi connectivity index (χ2v) is 9.75. The maximum absolute atomic E-state index is 6.32. The summed E-state index contributed by atoms with van der Waals surface area (Å²) in [5.74, 6) is 0.937. The summed E-state index contributed by atoms with van der Waals surface area (Å²) in [6.45, 7) is 0. The van der Waals surface area contributed by atoms with E-state index in [1.54, 1.807) is 11.3 Å². The van der Waals surface area contributed by atoms with E-state index >= 15 is 0 Å². The molecule has 4 aromatic carbocycles. The Bertz CT molecular complexity index is 1680. The zero-order chi connectivity index (χ0) is 22.5. The number of furan rings is 1. The highest BCUT2D eigenvalue weighted by Crippen LogP contribution is 2.46. The molecule has 2 aromatic heterocycles. The first-order chi connectivity index (χ1) is 16.9. The summed E-state index contributed by atoms with van der Waals surface area (Å²) >= 11 is 1.71. The van der Waals surface area contributed by atoms with Gasteiger partial charge in [-0.2, -0.15) is 0 Å². The Morgan fingerprint density at radius 3 is 2.35 bits per heavy atom. The molecule has 0 saturated carbocycles. The fourth-order valence-electron chi connectivity index (χ4n) is 5.43. The molecule has 0 atom stereocenters. The van der Waals surface area contributed by atoms with Crippen LogP contribution in [0.15, 0.2) is 107 Å². The van der Waals surface area contributed by atoms with Crippen molar-refractivity contribution in [1.29, 1.82) is 0 Å². The van der Waals surface area contributed by atoms with E-state index in [0.29, 0.717) is 0 Å². The SMILES string of the molecule is C1=Cc2c(c(-c3ccccc3)c3ccccc3c2-c2cccc3oc(-c4cccs4)cc23)CC1. The van der Waals surface area contributed by atoms with Gasteiger partial charge in [-0.3, -0.25) is 0 Å². The Labute approximate surface area is 202 Å². The number of allylic oxidation sites excluding steroid dienone is 1. The summed E-state index contributed by atoms with van der Waals surface area (Å²) in [6, 6.07) is 32.6. The Morgan fingerprint density at radius 2 is 1.53 bits per heavy atom. The first-order valence-corrected chi connectivity index (χ1v) is 12.6. The van der Waals surface area contributed by atoms with Gasteiger partial charge < -0.3 is 4.42 Å². The zero-order valence-electron chi connectivity index (χ0n) is 18.6. The summed E-state index contributed by atoms with van der Waals surface area (Å²) in [5.41, 5.74) is 8.94. The summed E-state index contributed by atoms with van der Waals surface area (Å²) < 4.78 is 6.32. The fraction of sp³-hybridized carbons (Fsp3) is 0.0625. The molecule has 2 heterocycles. The lowest BCUT2D eigenvalue weighted by Gasteiger charge is -2.24. The van der Waals surface area contributed by atoms with Gasteiger partial charge in [-0.05, 0) is 80.6 Å². The van der Waals surface area contributed by atoms with Crippen molar-refractivity contribution >= 4 is 39.2 Å². The minimum absolute atomic E-state index is 0.936. The van der Waals surface area contributed by atoms with Gasteiger partial charge in [-0.15, -0.1) is 11.3 Å². The molecule has 0 N–H and O–H groups in total. The van der Waals surface area contributed by atoms with Crippen molar-refractivity contribution in [2.24, 2.45) is 0 Å². The van der Waals surface area contributed by atoms with Crippen molar-refractivity contribution in [1.82, 2.24) is 0 Å². The first-order valence-electron chi connectivity index (χ1n) is 11.7. The lowest BCUT2D eigenvalue weighted by atomic mass is 9.80. The molecule has 1 aliphatic carbocycles.